The van der Waals surface area contributed by atoms with Crippen molar-refractivity contribution < 1.29 is 17.9 Å². The quantitative estimate of drug-likeness (QED) is 0.899. The molecule has 0 spiro atoms. The number of nitrogens with zero attached hydrogens (tertiary/aromatic N) is 2. The number of hydrogen-bond acceptors (Lipinski definition) is 4. The van der Waals surface area contributed by atoms with Gasteiger partial charge in [0.25, 0.3) is 0 Å². The molecule has 1 fully saturated rings. The number of alkyl halides is 3. The summed E-state index contributed by atoms with van der Waals surface area (Å²) in [5, 5.41) is 0. The topological polar surface area (TPSA) is 51.4 Å². The van der Waals surface area contributed by atoms with Gasteiger partial charge in [-0.2, -0.15) is 13.2 Å². The minimum Gasteiger partial charge on any atom is -0.396 e. The molecule has 1 saturated heterocycles. The van der Waals surface area contributed by atoms with Crippen molar-refractivity contribution in [3.8, 4) is 0 Å². The Morgan fingerprint density at radius 3 is 2.84 bits per heavy atom. The summed E-state index contributed by atoms with van der Waals surface area (Å²) < 4.78 is 43.2. The number of hydrogen-bond donors (Lipinski definition) is 1. The van der Waals surface area contributed by atoms with Gasteiger partial charge in [0, 0.05) is 20.2 Å². The lowest BCUT2D eigenvalue weighted by atomic mass is 10.1. The van der Waals surface area contributed by atoms with Crippen molar-refractivity contribution >= 4 is 11.4 Å². The Balaban J connectivity index is 2.28. The van der Waals surface area contributed by atoms with Gasteiger partial charge in [-0.05, 0) is 18.9 Å². The van der Waals surface area contributed by atoms with Gasteiger partial charge in [-0.25, -0.2) is 4.98 Å². The minimum atomic E-state index is -4.46. The second-order valence-electron chi connectivity index (χ2n) is 4.57. The molecule has 106 valence electrons. The normalized spacial score (nSPS) is 20.6. The van der Waals surface area contributed by atoms with E-state index in [-0.39, 0.29) is 11.8 Å². The Bertz CT molecular complexity index is 450. The molecule has 0 bridgehead atoms. The number of anilines is 2. The number of ether oxygens (including phenoxy) is 1. The molecular formula is C12H16F3N3O. The highest BCUT2D eigenvalue weighted by Gasteiger charge is 2.34. The molecule has 0 saturated carbocycles. The molecule has 2 rings (SSSR count). The zero-order valence-corrected chi connectivity index (χ0v) is 10.6. The van der Waals surface area contributed by atoms with Gasteiger partial charge >= 0.3 is 6.18 Å². The fraction of sp³-hybridized carbons (Fsp3) is 0.583. The lowest BCUT2D eigenvalue weighted by molar-refractivity contribution is -0.141. The molecule has 1 aromatic rings. The first-order valence-corrected chi connectivity index (χ1v) is 6.02. The molecular weight excluding hydrogens is 259 g/mol. The van der Waals surface area contributed by atoms with Crippen LogP contribution >= 0.6 is 0 Å². The molecule has 1 atom stereocenters. The second-order valence-corrected chi connectivity index (χ2v) is 4.57. The number of methoxy groups -OCH3 is 1. The van der Waals surface area contributed by atoms with E-state index in [4.69, 9.17) is 10.5 Å². The fourth-order valence-corrected chi connectivity index (χ4v) is 2.23. The summed E-state index contributed by atoms with van der Waals surface area (Å²) in [4.78, 5) is 5.16. The van der Waals surface area contributed by atoms with Crippen LogP contribution in [0.5, 0.6) is 0 Å². The van der Waals surface area contributed by atoms with E-state index >= 15 is 0 Å². The fourth-order valence-electron chi connectivity index (χ4n) is 2.23. The van der Waals surface area contributed by atoms with Gasteiger partial charge in [-0.1, -0.05) is 0 Å². The van der Waals surface area contributed by atoms with Crippen molar-refractivity contribution in [3.63, 3.8) is 0 Å². The first-order valence-electron chi connectivity index (χ1n) is 6.02. The minimum absolute atomic E-state index is 0.0238. The predicted octanol–water partition coefficient (Wildman–Crippen LogP) is 2.30. The smallest absolute Gasteiger partial charge is 0.396 e. The van der Waals surface area contributed by atoms with Crippen molar-refractivity contribution in [1.82, 2.24) is 4.98 Å². The van der Waals surface area contributed by atoms with Crippen LogP contribution in [0.2, 0.25) is 0 Å². The SMILES string of the molecule is COC1CCCN(c2cc(C(F)(F)F)ncc2N)C1. The Morgan fingerprint density at radius 2 is 2.21 bits per heavy atom. The summed E-state index contributed by atoms with van der Waals surface area (Å²) in [7, 11) is 1.60. The number of pyridine rings is 1. The van der Waals surface area contributed by atoms with Crippen LogP contribution in [0.15, 0.2) is 12.3 Å². The third-order valence-electron chi connectivity index (χ3n) is 3.25. The maximum Gasteiger partial charge on any atom is 0.433 e. The number of nitrogens with two attached hydrogens (primary N) is 1. The molecule has 0 amide bonds. The van der Waals surface area contributed by atoms with Crippen LogP contribution in [-0.2, 0) is 10.9 Å². The molecule has 0 aromatic carbocycles. The molecule has 1 unspecified atom stereocenters. The maximum absolute atomic E-state index is 12.7. The molecule has 1 aliphatic heterocycles. The highest BCUT2D eigenvalue weighted by Crippen LogP contribution is 2.33. The summed E-state index contributed by atoms with van der Waals surface area (Å²) >= 11 is 0. The summed E-state index contributed by atoms with van der Waals surface area (Å²) in [6.45, 7) is 1.22. The number of halogens is 3. The highest BCUT2D eigenvalue weighted by atomic mass is 19.4. The molecule has 0 radical (unpaired) electrons. The molecule has 1 aromatic heterocycles. The van der Waals surface area contributed by atoms with Crippen LogP contribution in [0.1, 0.15) is 18.5 Å². The average Bonchev–Trinajstić information content (AvgIpc) is 2.38. The summed E-state index contributed by atoms with van der Waals surface area (Å²) in [6, 6.07) is 1.01. The van der Waals surface area contributed by atoms with Crippen molar-refractivity contribution in [1.29, 1.82) is 0 Å². The van der Waals surface area contributed by atoms with Gasteiger partial charge in [0.15, 0.2) is 0 Å². The molecule has 2 heterocycles. The number of aromatic nitrogens is 1. The zero-order chi connectivity index (χ0) is 14.0. The first-order chi connectivity index (χ1) is 8.91. The van der Waals surface area contributed by atoms with Crippen LogP contribution < -0.4 is 10.6 Å². The van der Waals surface area contributed by atoms with Gasteiger partial charge in [-0.15, -0.1) is 0 Å². The van der Waals surface area contributed by atoms with Gasteiger partial charge < -0.3 is 15.4 Å². The van der Waals surface area contributed by atoms with Gasteiger partial charge in [0.05, 0.1) is 23.7 Å². The van der Waals surface area contributed by atoms with E-state index in [9.17, 15) is 13.2 Å². The molecule has 7 heteroatoms. The first kappa shape index (κ1) is 13.9. The molecule has 2 N–H and O–H groups in total. The van der Waals surface area contributed by atoms with E-state index in [1.165, 1.54) is 0 Å². The Kier molecular flexibility index (Phi) is 3.84. The molecule has 4 nitrogen and oxygen atoms in total. The van der Waals surface area contributed by atoms with E-state index in [1.807, 2.05) is 4.90 Å². The highest BCUT2D eigenvalue weighted by molar-refractivity contribution is 5.67. The molecule has 1 aliphatic rings. The van der Waals surface area contributed by atoms with Crippen LogP contribution in [0.3, 0.4) is 0 Å². The average molecular weight is 275 g/mol. The number of rotatable bonds is 2. The van der Waals surface area contributed by atoms with Gasteiger partial charge in [-0.3, -0.25) is 0 Å². The summed E-state index contributed by atoms with van der Waals surface area (Å²) in [5.74, 6) is 0. The lowest BCUT2D eigenvalue weighted by Crippen LogP contribution is -2.39. The van der Waals surface area contributed by atoms with Crippen LogP contribution in [0.4, 0.5) is 24.5 Å². The largest absolute Gasteiger partial charge is 0.433 e. The van der Waals surface area contributed by atoms with Gasteiger partial charge in [0.2, 0.25) is 0 Å². The van der Waals surface area contributed by atoms with Gasteiger partial charge in [0.1, 0.15) is 5.69 Å². The third-order valence-corrected chi connectivity index (χ3v) is 3.25. The van der Waals surface area contributed by atoms with E-state index in [1.54, 1.807) is 7.11 Å². The predicted molar refractivity (Wildman–Crippen MR) is 65.9 cm³/mol. The van der Waals surface area contributed by atoms with Crippen LogP contribution in [-0.4, -0.2) is 31.3 Å². The second kappa shape index (κ2) is 5.24. The molecule has 19 heavy (non-hydrogen) atoms. The van der Waals surface area contributed by atoms with Crippen molar-refractivity contribution in [2.75, 3.05) is 30.8 Å². The number of piperidine rings is 1. The van der Waals surface area contributed by atoms with Crippen molar-refractivity contribution in [3.05, 3.63) is 18.0 Å². The third kappa shape index (κ3) is 3.09. The van der Waals surface area contributed by atoms with Crippen LogP contribution in [0.25, 0.3) is 0 Å². The Labute approximate surface area is 109 Å². The van der Waals surface area contributed by atoms with Crippen molar-refractivity contribution in [2.24, 2.45) is 0 Å². The maximum atomic E-state index is 12.7. The summed E-state index contributed by atoms with van der Waals surface area (Å²) in [6.07, 6.45) is -1.60. The summed E-state index contributed by atoms with van der Waals surface area (Å²) in [5.41, 5.74) is 5.45. The van der Waals surface area contributed by atoms with E-state index < -0.39 is 11.9 Å². The zero-order valence-electron chi connectivity index (χ0n) is 10.6. The molecule has 0 aliphatic carbocycles. The van der Waals surface area contributed by atoms with E-state index in [0.717, 1.165) is 25.1 Å². The van der Waals surface area contributed by atoms with Crippen LogP contribution in [0, 0.1) is 0 Å². The van der Waals surface area contributed by atoms with E-state index in [0.29, 0.717) is 18.8 Å². The standard InChI is InChI=1S/C12H16F3N3O/c1-19-8-3-2-4-18(7-8)10-5-11(12(13,14)15)17-6-9(10)16/h5-6,8H,2-4,7,16H2,1H3. The Hall–Kier alpha value is -1.50. The monoisotopic (exact) mass is 275 g/mol. The van der Waals surface area contributed by atoms with E-state index in [2.05, 4.69) is 4.98 Å². The Morgan fingerprint density at radius 1 is 1.47 bits per heavy atom. The van der Waals surface area contributed by atoms with Crippen molar-refractivity contribution in [2.45, 2.75) is 25.1 Å². The number of nitrogen functional groups attached to an aromatic ring is 1. The lowest BCUT2D eigenvalue weighted by Gasteiger charge is -2.34.